The average molecular weight is 349 g/mol. The third-order valence-corrected chi connectivity index (χ3v) is 5.09. The number of methoxy groups -OCH3 is 1. The number of hydrogen-bond acceptors (Lipinski definition) is 3. The molecule has 5 heteroatoms. The fourth-order valence-electron chi connectivity index (χ4n) is 3.59. The van der Waals surface area contributed by atoms with Gasteiger partial charge in [-0.2, -0.15) is 0 Å². The third kappa shape index (κ3) is 2.95. The molecule has 26 heavy (non-hydrogen) atoms. The molecule has 1 amide bonds. The summed E-state index contributed by atoms with van der Waals surface area (Å²) in [4.78, 5) is 15.1. The van der Waals surface area contributed by atoms with Gasteiger partial charge in [-0.25, -0.2) is 0 Å². The van der Waals surface area contributed by atoms with Crippen molar-refractivity contribution in [3.05, 3.63) is 60.3 Å². The molecule has 1 aromatic heterocycles. The molecule has 3 aromatic rings. The standard InChI is InChI=1S/C21H23N3O2/c1-26-18-8-6-17(7-9-18)24-19-5-3-2-4-15(19)14-20(24)21(25)23-12-10-16(22)11-13-23/h2-9,14,16H,10-13,22H2,1H3. The van der Waals surface area contributed by atoms with Crippen LogP contribution in [0.3, 0.4) is 0 Å². The normalized spacial score (nSPS) is 15.4. The Balaban J connectivity index is 1.79. The smallest absolute Gasteiger partial charge is 0.270 e. The second-order valence-electron chi connectivity index (χ2n) is 6.75. The fraction of sp³-hybridized carbons (Fsp3) is 0.286. The molecule has 5 nitrogen and oxygen atoms in total. The highest BCUT2D eigenvalue weighted by Crippen LogP contribution is 2.27. The minimum Gasteiger partial charge on any atom is -0.497 e. The van der Waals surface area contributed by atoms with Gasteiger partial charge in [0.25, 0.3) is 5.91 Å². The van der Waals surface area contributed by atoms with Crippen LogP contribution < -0.4 is 10.5 Å². The van der Waals surface area contributed by atoms with E-state index in [0.717, 1.165) is 35.2 Å². The molecule has 0 saturated carbocycles. The maximum atomic E-state index is 13.2. The number of likely N-dealkylation sites (tertiary alicyclic amines) is 1. The topological polar surface area (TPSA) is 60.5 Å². The summed E-state index contributed by atoms with van der Waals surface area (Å²) >= 11 is 0. The minimum atomic E-state index is 0.0592. The van der Waals surface area contributed by atoms with Crippen LogP contribution in [0.25, 0.3) is 16.6 Å². The maximum absolute atomic E-state index is 13.2. The molecule has 134 valence electrons. The van der Waals surface area contributed by atoms with E-state index in [9.17, 15) is 4.79 Å². The quantitative estimate of drug-likeness (QED) is 0.790. The number of nitrogens with two attached hydrogens (primary N) is 1. The first-order chi connectivity index (χ1) is 12.7. The van der Waals surface area contributed by atoms with Gasteiger partial charge in [0.15, 0.2) is 0 Å². The van der Waals surface area contributed by atoms with Crippen molar-refractivity contribution in [2.75, 3.05) is 20.2 Å². The number of hydrogen-bond donors (Lipinski definition) is 1. The Morgan fingerprint density at radius 3 is 2.46 bits per heavy atom. The summed E-state index contributed by atoms with van der Waals surface area (Å²) in [7, 11) is 1.65. The first-order valence-corrected chi connectivity index (χ1v) is 8.97. The van der Waals surface area contributed by atoms with Crippen molar-refractivity contribution in [3.8, 4) is 11.4 Å². The van der Waals surface area contributed by atoms with Crippen LogP contribution in [0.5, 0.6) is 5.75 Å². The number of para-hydroxylation sites is 1. The summed E-state index contributed by atoms with van der Waals surface area (Å²) in [6.07, 6.45) is 1.71. The number of nitrogens with zero attached hydrogens (tertiary/aromatic N) is 2. The molecule has 1 aliphatic rings. The highest BCUT2D eigenvalue weighted by molar-refractivity contribution is 6.00. The Kier molecular flexibility index (Phi) is 4.39. The number of carbonyl (C=O) groups is 1. The van der Waals surface area contributed by atoms with E-state index in [-0.39, 0.29) is 11.9 Å². The predicted octanol–water partition coefficient (Wildman–Crippen LogP) is 3.20. The number of aromatic nitrogens is 1. The molecule has 2 heterocycles. The van der Waals surface area contributed by atoms with E-state index in [0.29, 0.717) is 18.8 Å². The van der Waals surface area contributed by atoms with Crippen molar-refractivity contribution in [2.24, 2.45) is 5.73 Å². The molecule has 2 N–H and O–H groups in total. The number of piperidine rings is 1. The van der Waals surface area contributed by atoms with Gasteiger partial charge in [0.2, 0.25) is 0 Å². The summed E-state index contributed by atoms with van der Waals surface area (Å²) in [5.74, 6) is 0.854. The molecule has 2 aromatic carbocycles. The minimum absolute atomic E-state index is 0.0592. The van der Waals surface area contributed by atoms with Crippen LogP contribution in [0.4, 0.5) is 0 Å². The SMILES string of the molecule is COc1ccc(-n2c(C(=O)N3CCC(N)CC3)cc3ccccc32)cc1. The molecule has 0 atom stereocenters. The lowest BCUT2D eigenvalue weighted by molar-refractivity contribution is 0.0707. The fourth-order valence-corrected chi connectivity index (χ4v) is 3.59. The second-order valence-corrected chi connectivity index (χ2v) is 6.75. The Labute approximate surface area is 153 Å². The van der Waals surface area contributed by atoms with E-state index in [1.54, 1.807) is 7.11 Å². The second kappa shape index (κ2) is 6.84. The van der Waals surface area contributed by atoms with E-state index >= 15 is 0 Å². The van der Waals surface area contributed by atoms with Crippen LogP contribution >= 0.6 is 0 Å². The summed E-state index contributed by atoms with van der Waals surface area (Å²) in [5, 5.41) is 1.06. The number of rotatable bonds is 3. The lowest BCUT2D eigenvalue weighted by Gasteiger charge is -2.30. The number of benzene rings is 2. The van der Waals surface area contributed by atoms with Gasteiger partial charge in [-0.1, -0.05) is 18.2 Å². The number of amides is 1. The molecule has 4 rings (SSSR count). The van der Waals surface area contributed by atoms with E-state index < -0.39 is 0 Å². The zero-order chi connectivity index (χ0) is 18.1. The summed E-state index contributed by atoms with van der Waals surface area (Å²) < 4.78 is 7.29. The van der Waals surface area contributed by atoms with Crippen molar-refractivity contribution >= 4 is 16.8 Å². The highest BCUT2D eigenvalue weighted by atomic mass is 16.5. The summed E-state index contributed by atoms with van der Waals surface area (Å²) in [5.41, 5.74) is 8.65. The molecule has 1 fully saturated rings. The molecule has 0 aliphatic carbocycles. The number of ether oxygens (including phenoxy) is 1. The lowest BCUT2D eigenvalue weighted by Crippen LogP contribution is -2.43. The zero-order valence-electron chi connectivity index (χ0n) is 14.9. The van der Waals surface area contributed by atoms with Crippen LogP contribution in [0.2, 0.25) is 0 Å². The van der Waals surface area contributed by atoms with Gasteiger partial charge in [-0.05, 0) is 49.2 Å². The van der Waals surface area contributed by atoms with Gasteiger partial charge < -0.3 is 19.9 Å². The molecule has 0 bridgehead atoms. The molecule has 0 spiro atoms. The van der Waals surface area contributed by atoms with Crippen LogP contribution in [0, 0.1) is 0 Å². The van der Waals surface area contributed by atoms with Crippen LogP contribution in [0.15, 0.2) is 54.6 Å². The number of fused-ring (bicyclic) bond motifs is 1. The number of carbonyl (C=O) groups excluding carboxylic acids is 1. The lowest BCUT2D eigenvalue weighted by atomic mass is 10.1. The van der Waals surface area contributed by atoms with Gasteiger partial charge in [-0.3, -0.25) is 4.79 Å². The van der Waals surface area contributed by atoms with E-state index in [1.165, 1.54) is 0 Å². The van der Waals surface area contributed by atoms with E-state index in [4.69, 9.17) is 10.5 Å². The molecular formula is C21H23N3O2. The molecule has 1 aliphatic heterocycles. The van der Waals surface area contributed by atoms with Crippen LogP contribution in [-0.2, 0) is 0 Å². The Morgan fingerprint density at radius 2 is 1.77 bits per heavy atom. The van der Waals surface area contributed by atoms with Gasteiger partial charge in [0.05, 0.1) is 12.6 Å². The largest absolute Gasteiger partial charge is 0.497 e. The monoisotopic (exact) mass is 349 g/mol. The third-order valence-electron chi connectivity index (χ3n) is 5.09. The molecular weight excluding hydrogens is 326 g/mol. The zero-order valence-corrected chi connectivity index (χ0v) is 14.9. The van der Waals surface area contributed by atoms with Crippen LogP contribution in [0.1, 0.15) is 23.3 Å². The van der Waals surface area contributed by atoms with Crippen molar-refractivity contribution < 1.29 is 9.53 Å². The van der Waals surface area contributed by atoms with Gasteiger partial charge in [-0.15, -0.1) is 0 Å². The first kappa shape index (κ1) is 16.7. The Bertz CT molecular complexity index is 922. The van der Waals surface area contributed by atoms with Crippen molar-refractivity contribution in [1.29, 1.82) is 0 Å². The van der Waals surface area contributed by atoms with Crippen molar-refractivity contribution in [1.82, 2.24) is 9.47 Å². The Morgan fingerprint density at radius 1 is 1.08 bits per heavy atom. The van der Waals surface area contributed by atoms with Gasteiger partial charge in [0, 0.05) is 30.2 Å². The van der Waals surface area contributed by atoms with E-state index in [1.807, 2.05) is 64.1 Å². The highest BCUT2D eigenvalue weighted by Gasteiger charge is 2.25. The summed E-state index contributed by atoms with van der Waals surface area (Å²) in [6.45, 7) is 1.42. The molecule has 0 unspecified atom stereocenters. The summed E-state index contributed by atoms with van der Waals surface area (Å²) in [6, 6.07) is 18.0. The van der Waals surface area contributed by atoms with E-state index in [2.05, 4.69) is 0 Å². The average Bonchev–Trinajstić information content (AvgIpc) is 3.07. The first-order valence-electron chi connectivity index (χ1n) is 8.97. The van der Waals surface area contributed by atoms with Gasteiger partial charge in [0.1, 0.15) is 11.4 Å². The van der Waals surface area contributed by atoms with Crippen molar-refractivity contribution in [3.63, 3.8) is 0 Å². The molecule has 0 radical (unpaired) electrons. The maximum Gasteiger partial charge on any atom is 0.270 e. The van der Waals surface area contributed by atoms with Crippen molar-refractivity contribution in [2.45, 2.75) is 18.9 Å². The van der Waals surface area contributed by atoms with Gasteiger partial charge >= 0.3 is 0 Å². The Hall–Kier alpha value is -2.79. The predicted molar refractivity (Wildman–Crippen MR) is 103 cm³/mol. The van der Waals surface area contributed by atoms with Crippen LogP contribution in [-0.4, -0.2) is 41.6 Å². The molecule has 1 saturated heterocycles.